The summed E-state index contributed by atoms with van der Waals surface area (Å²) in [6.45, 7) is 1.69. The Balaban J connectivity index is 2.20. The molecule has 25 heavy (non-hydrogen) atoms. The van der Waals surface area contributed by atoms with Crippen molar-refractivity contribution in [2.75, 3.05) is 13.2 Å². The Morgan fingerprint density at radius 2 is 1.80 bits per heavy atom. The number of fused-ring (bicyclic) bond motifs is 1. The molecule has 2 unspecified atom stereocenters. The highest BCUT2D eigenvalue weighted by molar-refractivity contribution is 7.91. The number of rotatable bonds is 4. The summed E-state index contributed by atoms with van der Waals surface area (Å²) in [7, 11) is -4.07. The molecule has 8 heteroatoms. The molecule has 2 atom stereocenters. The Bertz CT molecular complexity index is 884. The van der Waals surface area contributed by atoms with Gasteiger partial charge in [-0.2, -0.15) is 0 Å². The molecule has 0 fully saturated rings. The van der Waals surface area contributed by atoms with Crippen molar-refractivity contribution < 1.29 is 26.7 Å². The zero-order chi connectivity index (χ0) is 18.2. The third-order valence-corrected chi connectivity index (χ3v) is 6.36. The van der Waals surface area contributed by atoms with Crippen LogP contribution in [-0.2, 0) is 14.6 Å². The van der Waals surface area contributed by atoms with E-state index in [0.717, 1.165) is 12.1 Å². The predicted molar refractivity (Wildman–Crippen MR) is 88.6 cm³/mol. The van der Waals surface area contributed by atoms with Gasteiger partial charge in [-0.15, -0.1) is 0 Å². The van der Waals surface area contributed by atoms with Crippen LogP contribution in [0, 0.1) is 11.6 Å². The number of hydrogen-bond acceptors (Lipinski definition) is 4. The minimum absolute atomic E-state index is 0.0527. The van der Waals surface area contributed by atoms with Crippen LogP contribution in [0.15, 0.2) is 41.3 Å². The minimum Gasteiger partial charge on any atom is -0.487 e. The van der Waals surface area contributed by atoms with Crippen molar-refractivity contribution in [2.45, 2.75) is 23.2 Å². The van der Waals surface area contributed by atoms with Gasteiger partial charge in [0.2, 0.25) is 0 Å². The summed E-state index contributed by atoms with van der Waals surface area (Å²) in [6.07, 6.45) is -0.963. The van der Waals surface area contributed by atoms with E-state index in [-0.39, 0.29) is 23.7 Å². The molecule has 1 aliphatic heterocycles. The largest absolute Gasteiger partial charge is 0.487 e. The summed E-state index contributed by atoms with van der Waals surface area (Å²) in [6, 6.07) is 7.29. The van der Waals surface area contributed by atoms with Gasteiger partial charge >= 0.3 is 0 Å². The highest BCUT2D eigenvalue weighted by Crippen LogP contribution is 2.44. The monoisotopic (exact) mass is 388 g/mol. The fraction of sp³-hybridized carbons (Fsp3) is 0.294. The van der Waals surface area contributed by atoms with E-state index in [2.05, 4.69) is 0 Å². The zero-order valence-corrected chi connectivity index (χ0v) is 14.8. The van der Waals surface area contributed by atoms with Gasteiger partial charge in [-0.3, -0.25) is 0 Å². The normalized spacial score (nSPS) is 20.0. The molecule has 2 aromatic rings. The molecule has 0 saturated heterocycles. The molecule has 0 aliphatic carbocycles. The van der Waals surface area contributed by atoms with Crippen LogP contribution < -0.4 is 4.74 Å². The maximum atomic E-state index is 14.4. The van der Waals surface area contributed by atoms with Gasteiger partial charge in [0.1, 0.15) is 23.8 Å². The van der Waals surface area contributed by atoms with Crippen molar-refractivity contribution in [3.05, 3.63) is 58.6 Å². The molecule has 0 saturated carbocycles. The Kier molecular flexibility index (Phi) is 4.99. The highest BCUT2D eigenvalue weighted by atomic mass is 35.5. The summed E-state index contributed by atoms with van der Waals surface area (Å²) in [5, 5.41) is -1.06. The molecule has 1 heterocycles. The second kappa shape index (κ2) is 6.90. The second-order valence-corrected chi connectivity index (χ2v) is 8.00. The van der Waals surface area contributed by atoms with E-state index in [0.29, 0.717) is 5.02 Å². The molecule has 0 bridgehead atoms. The maximum absolute atomic E-state index is 14.4. The van der Waals surface area contributed by atoms with Crippen LogP contribution in [0.3, 0.4) is 0 Å². The van der Waals surface area contributed by atoms with Gasteiger partial charge in [0.25, 0.3) is 0 Å². The first-order valence-electron chi connectivity index (χ1n) is 7.58. The molecule has 0 radical (unpaired) electrons. The van der Waals surface area contributed by atoms with E-state index in [9.17, 15) is 17.2 Å². The van der Waals surface area contributed by atoms with E-state index in [1.165, 1.54) is 24.3 Å². The van der Waals surface area contributed by atoms with Crippen molar-refractivity contribution >= 4 is 21.4 Å². The lowest BCUT2D eigenvalue weighted by Crippen LogP contribution is -2.38. The lowest BCUT2D eigenvalue weighted by molar-refractivity contribution is 0.0119. The highest BCUT2D eigenvalue weighted by Gasteiger charge is 2.44. The summed E-state index contributed by atoms with van der Waals surface area (Å²) >= 11 is 5.80. The van der Waals surface area contributed by atoms with Gasteiger partial charge in [-0.1, -0.05) is 11.6 Å². The first-order chi connectivity index (χ1) is 11.9. The summed E-state index contributed by atoms with van der Waals surface area (Å²) in [4.78, 5) is -0.0527. The number of halogens is 3. The van der Waals surface area contributed by atoms with Crippen LogP contribution >= 0.6 is 11.6 Å². The number of benzene rings is 2. The van der Waals surface area contributed by atoms with E-state index in [4.69, 9.17) is 21.1 Å². The van der Waals surface area contributed by atoms with E-state index >= 15 is 0 Å². The topological polar surface area (TPSA) is 52.6 Å². The summed E-state index contributed by atoms with van der Waals surface area (Å²) in [5.41, 5.74) is -0.348. The van der Waals surface area contributed by atoms with Crippen molar-refractivity contribution in [1.82, 2.24) is 0 Å². The van der Waals surface area contributed by atoms with Gasteiger partial charge in [0.15, 0.2) is 21.4 Å². The summed E-state index contributed by atoms with van der Waals surface area (Å²) in [5.74, 6) is -2.07. The van der Waals surface area contributed by atoms with Crippen LogP contribution in [0.5, 0.6) is 5.75 Å². The van der Waals surface area contributed by atoms with Crippen LogP contribution in [0.4, 0.5) is 8.78 Å². The molecular weight excluding hydrogens is 374 g/mol. The Morgan fingerprint density at radius 3 is 2.44 bits per heavy atom. The van der Waals surface area contributed by atoms with Crippen molar-refractivity contribution in [3.63, 3.8) is 0 Å². The van der Waals surface area contributed by atoms with Gasteiger partial charge in [-0.05, 0) is 43.3 Å². The predicted octanol–water partition coefficient (Wildman–Crippen LogP) is 3.93. The average molecular weight is 389 g/mol. The molecule has 0 spiro atoms. The minimum atomic E-state index is -4.07. The van der Waals surface area contributed by atoms with Gasteiger partial charge < -0.3 is 9.47 Å². The third kappa shape index (κ3) is 3.23. The van der Waals surface area contributed by atoms with Crippen LogP contribution in [0.1, 0.15) is 17.7 Å². The maximum Gasteiger partial charge on any atom is 0.188 e. The Morgan fingerprint density at radius 1 is 1.16 bits per heavy atom. The Hall–Kier alpha value is -1.70. The molecule has 1 aliphatic rings. The fourth-order valence-corrected chi connectivity index (χ4v) is 4.90. The van der Waals surface area contributed by atoms with E-state index in [1.54, 1.807) is 6.92 Å². The number of sulfone groups is 1. The van der Waals surface area contributed by atoms with Crippen LogP contribution in [-0.4, -0.2) is 27.7 Å². The van der Waals surface area contributed by atoms with Crippen LogP contribution in [0.2, 0.25) is 5.02 Å². The van der Waals surface area contributed by atoms with E-state index in [1.807, 2.05) is 0 Å². The molecular formula is C17H15ClF2O4S. The molecule has 0 aromatic heterocycles. The molecule has 0 amide bonds. The number of hydrogen-bond donors (Lipinski definition) is 0. The molecule has 4 nitrogen and oxygen atoms in total. The average Bonchev–Trinajstić information content (AvgIpc) is 2.58. The van der Waals surface area contributed by atoms with Gasteiger partial charge in [0.05, 0.1) is 10.5 Å². The molecule has 2 aromatic carbocycles. The van der Waals surface area contributed by atoms with E-state index < -0.39 is 38.6 Å². The SMILES string of the molecule is CCOC1COc2c(F)ccc(F)c2C1S(=O)(=O)c1ccc(Cl)cc1. The smallest absolute Gasteiger partial charge is 0.188 e. The van der Waals surface area contributed by atoms with Gasteiger partial charge in [0, 0.05) is 11.6 Å². The summed E-state index contributed by atoms with van der Waals surface area (Å²) < 4.78 is 65.5. The van der Waals surface area contributed by atoms with Crippen molar-refractivity contribution in [3.8, 4) is 5.75 Å². The fourth-order valence-electron chi connectivity index (χ4n) is 2.87. The van der Waals surface area contributed by atoms with Crippen molar-refractivity contribution in [1.29, 1.82) is 0 Å². The second-order valence-electron chi connectivity index (χ2n) is 5.50. The lowest BCUT2D eigenvalue weighted by atomic mass is 10.0. The van der Waals surface area contributed by atoms with Crippen molar-refractivity contribution in [2.24, 2.45) is 0 Å². The lowest BCUT2D eigenvalue weighted by Gasteiger charge is -2.33. The number of ether oxygens (including phenoxy) is 2. The third-order valence-electron chi connectivity index (χ3n) is 3.97. The molecule has 3 rings (SSSR count). The van der Waals surface area contributed by atoms with Gasteiger partial charge in [-0.25, -0.2) is 17.2 Å². The first-order valence-corrected chi connectivity index (χ1v) is 9.50. The van der Waals surface area contributed by atoms with Crippen LogP contribution in [0.25, 0.3) is 0 Å². The Labute approximate surface area is 149 Å². The molecule has 0 N–H and O–H groups in total. The molecule has 134 valence electrons. The first kappa shape index (κ1) is 18.1. The standard InChI is InChI=1S/C17H15ClF2O4S/c1-2-23-14-9-24-16-13(20)8-7-12(19)15(16)17(14)25(21,22)11-5-3-10(18)4-6-11/h3-8,14,17H,2,9H2,1H3. The quantitative estimate of drug-likeness (QED) is 0.796. The zero-order valence-electron chi connectivity index (χ0n) is 13.2.